The van der Waals surface area contributed by atoms with E-state index in [1.807, 2.05) is 23.9 Å². The second kappa shape index (κ2) is 7.42. The number of thioether (sulfide) groups is 2. The summed E-state index contributed by atoms with van der Waals surface area (Å²) in [5, 5.41) is 10.2. The fourth-order valence-corrected chi connectivity index (χ4v) is 6.20. The first kappa shape index (κ1) is 16.4. The van der Waals surface area contributed by atoms with Crippen molar-refractivity contribution in [1.29, 1.82) is 0 Å². The average molecular weight is 358 g/mol. The van der Waals surface area contributed by atoms with Gasteiger partial charge in [-0.05, 0) is 61.1 Å². The summed E-state index contributed by atoms with van der Waals surface area (Å²) in [6.07, 6.45) is 2.73. The zero-order valence-electron chi connectivity index (χ0n) is 13.7. The second-order valence-corrected chi connectivity index (χ2v) is 9.24. The second-order valence-electron chi connectivity index (χ2n) is 6.85. The zero-order chi connectivity index (χ0) is 16.4. The van der Waals surface area contributed by atoms with Gasteiger partial charge in [0.15, 0.2) is 0 Å². The Kier molecular flexibility index (Phi) is 5.06. The highest BCUT2D eigenvalue weighted by Gasteiger charge is 2.40. The Morgan fingerprint density at radius 2 is 1.54 bits per heavy atom. The van der Waals surface area contributed by atoms with E-state index in [-0.39, 0.29) is 0 Å². The summed E-state index contributed by atoms with van der Waals surface area (Å²) >= 11 is 3.95. The highest BCUT2D eigenvalue weighted by molar-refractivity contribution is 8.00. The lowest BCUT2D eigenvalue weighted by Gasteiger charge is -2.18. The van der Waals surface area contributed by atoms with Crippen molar-refractivity contribution in [3.8, 4) is 5.75 Å². The van der Waals surface area contributed by atoms with Gasteiger partial charge in [-0.2, -0.15) is 0 Å². The van der Waals surface area contributed by atoms with Crippen molar-refractivity contribution < 1.29 is 5.11 Å². The number of phenols is 1. The molecule has 3 atom stereocenters. The number of benzene rings is 2. The molecule has 0 bridgehead atoms. The van der Waals surface area contributed by atoms with Crippen LogP contribution in [0.25, 0.3) is 0 Å². The normalized spacial score (nSPS) is 26.6. The zero-order valence-corrected chi connectivity index (χ0v) is 15.3. The summed E-state index contributed by atoms with van der Waals surface area (Å²) in [6, 6.07) is 18.4. The summed E-state index contributed by atoms with van der Waals surface area (Å²) in [5.41, 5.74) is 0. The van der Waals surface area contributed by atoms with Gasteiger partial charge in [-0.1, -0.05) is 18.2 Å². The van der Waals surface area contributed by atoms with Gasteiger partial charge in [0.25, 0.3) is 0 Å². The SMILES string of the molecule is Oc1ccc(SCN2C[C@H]3C[C@H](Sc4ccccc4)C[C@H]3C2)cc1. The molecule has 2 aromatic rings. The van der Waals surface area contributed by atoms with E-state index in [1.54, 1.807) is 12.1 Å². The van der Waals surface area contributed by atoms with Crippen LogP contribution in [-0.2, 0) is 0 Å². The molecule has 2 aromatic carbocycles. The highest BCUT2D eigenvalue weighted by Crippen LogP contribution is 2.45. The largest absolute Gasteiger partial charge is 0.508 e. The van der Waals surface area contributed by atoms with Gasteiger partial charge < -0.3 is 5.11 Å². The highest BCUT2D eigenvalue weighted by atomic mass is 32.2. The van der Waals surface area contributed by atoms with Crippen molar-refractivity contribution >= 4 is 23.5 Å². The predicted octanol–water partition coefficient (Wildman–Crippen LogP) is 4.94. The van der Waals surface area contributed by atoms with Gasteiger partial charge in [-0.3, -0.25) is 4.90 Å². The van der Waals surface area contributed by atoms with Crippen molar-refractivity contribution in [1.82, 2.24) is 4.90 Å². The minimum absolute atomic E-state index is 0.344. The smallest absolute Gasteiger partial charge is 0.115 e. The lowest BCUT2D eigenvalue weighted by molar-refractivity contribution is 0.365. The van der Waals surface area contributed by atoms with Crippen LogP contribution >= 0.6 is 23.5 Å². The van der Waals surface area contributed by atoms with Gasteiger partial charge >= 0.3 is 0 Å². The third-order valence-electron chi connectivity index (χ3n) is 5.08. The molecule has 1 aliphatic heterocycles. The third-order valence-corrected chi connectivity index (χ3v) is 7.44. The van der Waals surface area contributed by atoms with Crippen LogP contribution in [-0.4, -0.2) is 34.2 Å². The summed E-state index contributed by atoms with van der Waals surface area (Å²) in [6.45, 7) is 2.50. The van der Waals surface area contributed by atoms with Gasteiger partial charge in [0.1, 0.15) is 5.75 Å². The van der Waals surface area contributed by atoms with Crippen LogP contribution < -0.4 is 0 Å². The summed E-state index contributed by atoms with van der Waals surface area (Å²) in [5.74, 6) is 3.17. The van der Waals surface area contributed by atoms with Crippen LogP contribution in [0, 0.1) is 11.8 Å². The van der Waals surface area contributed by atoms with E-state index in [9.17, 15) is 5.11 Å². The Morgan fingerprint density at radius 1 is 0.875 bits per heavy atom. The van der Waals surface area contributed by atoms with Crippen LogP contribution in [0.2, 0.25) is 0 Å². The quantitative estimate of drug-likeness (QED) is 0.765. The molecule has 2 nitrogen and oxygen atoms in total. The first-order valence-corrected chi connectivity index (χ1v) is 10.5. The van der Waals surface area contributed by atoms with E-state index in [1.165, 1.54) is 35.7 Å². The first-order valence-electron chi connectivity index (χ1n) is 8.62. The molecule has 0 radical (unpaired) electrons. The number of rotatable bonds is 5. The first-order chi connectivity index (χ1) is 11.8. The number of phenolic OH excluding ortho intramolecular Hbond substituents is 1. The van der Waals surface area contributed by atoms with E-state index >= 15 is 0 Å². The number of aromatic hydroxyl groups is 1. The molecule has 4 heteroatoms. The molecule has 1 saturated heterocycles. The van der Waals surface area contributed by atoms with E-state index in [2.05, 4.69) is 47.0 Å². The van der Waals surface area contributed by atoms with Gasteiger partial charge in [-0.25, -0.2) is 0 Å². The van der Waals surface area contributed by atoms with Crippen molar-refractivity contribution in [2.45, 2.75) is 27.9 Å². The molecule has 1 saturated carbocycles. The number of likely N-dealkylation sites (tertiary alicyclic amines) is 1. The van der Waals surface area contributed by atoms with Crippen LogP contribution in [0.3, 0.4) is 0 Å². The summed E-state index contributed by atoms with van der Waals surface area (Å²) in [4.78, 5) is 5.26. The molecule has 126 valence electrons. The van der Waals surface area contributed by atoms with Crippen molar-refractivity contribution in [2.75, 3.05) is 19.0 Å². The number of hydrogen-bond donors (Lipinski definition) is 1. The minimum atomic E-state index is 0.344. The van der Waals surface area contributed by atoms with Crippen LogP contribution in [0.15, 0.2) is 64.4 Å². The molecule has 1 aliphatic carbocycles. The number of hydrogen-bond acceptors (Lipinski definition) is 4. The number of fused-ring (bicyclic) bond motifs is 1. The summed E-state index contributed by atoms with van der Waals surface area (Å²) < 4.78 is 0. The Hall–Kier alpha value is -1.10. The minimum Gasteiger partial charge on any atom is -0.508 e. The lowest BCUT2D eigenvalue weighted by atomic mass is 10.0. The fourth-order valence-electron chi connectivity index (χ4n) is 3.94. The fraction of sp³-hybridized carbons (Fsp3) is 0.400. The Labute approximate surface area is 152 Å². The van der Waals surface area contributed by atoms with Crippen molar-refractivity contribution in [3.05, 3.63) is 54.6 Å². The number of nitrogens with zero attached hydrogens (tertiary/aromatic N) is 1. The molecule has 0 unspecified atom stereocenters. The molecule has 0 amide bonds. The van der Waals surface area contributed by atoms with Crippen LogP contribution in [0.1, 0.15) is 12.8 Å². The maximum atomic E-state index is 9.35. The van der Waals surface area contributed by atoms with Gasteiger partial charge in [0.05, 0.1) is 0 Å². The maximum absolute atomic E-state index is 9.35. The van der Waals surface area contributed by atoms with Crippen molar-refractivity contribution in [2.24, 2.45) is 11.8 Å². The standard InChI is InChI=1S/C20H23NOS2/c22-17-6-8-18(9-7-17)23-14-21-12-15-10-20(11-16(15)13-21)24-19-4-2-1-3-5-19/h1-9,15-16,20,22H,10-14H2/t15-,16+,20+. The van der Waals surface area contributed by atoms with Gasteiger partial charge in [0.2, 0.25) is 0 Å². The molecule has 0 spiro atoms. The molecule has 1 heterocycles. The third kappa shape index (κ3) is 3.93. The Balaban J connectivity index is 1.25. The van der Waals surface area contributed by atoms with Gasteiger partial charge in [-0.15, -0.1) is 23.5 Å². The molecule has 0 aromatic heterocycles. The Morgan fingerprint density at radius 3 is 2.21 bits per heavy atom. The van der Waals surface area contributed by atoms with Crippen LogP contribution in [0.4, 0.5) is 0 Å². The Bertz CT molecular complexity index is 647. The molecule has 2 aliphatic rings. The summed E-state index contributed by atoms with van der Waals surface area (Å²) in [7, 11) is 0. The monoisotopic (exact) mass is 357 g/mol. The molecule has 2 fully saturated rings. The predicted molar refractivity (Wildman–Crippen MR) is 103 cm³/mol. The van der Waals surface area contributed by atoms with Gasteiger partial charge in [0, 0.05) is 34.0 Å². The van der Waals surface area contributed by atoms with E-state index in [0.717, 1.165) is 23.0 Å². The van der Waals surface area contributed by atoms with E-state index in [4.69, 9.17) is 0 Å². The topological polar surface area (TPSA) is 23.5 Å². The maximum Gasteiger partial charge on any atom is 0.115 e. The molecule has 1 N–H and O–H groups in total. The van der Waals surface area contributed by atoms with E-state index in [0.29, 0.717) is 5.75 Å². The molecule has 24 heavy (non-hydrogen) atoms. The van der Waals surface area contributed by atoms with Crippen LogP contribution in [0.5, 0.6) is 5.75 Å². The molecular formula is C20H23NOS2. The van der Waals surface area contributed by atoms with E-state index < -0.39 is 0 Å². The van der Waals surface area contributed by atoms with Crippen molar-refractivity contribution in [3.63, 3.8) is 0 Å². The average Bonchev–Trinajstić information content (AvgIpc) is 3.13. The molecular weight excluding hydrogens is 334 g/mol. The molecule has 4 rings (SSSR count). The lowest BCUT2D eigenvalue weighted by Crippen LogP contribution is -2.22.